The molecule has 0 saturated carbocycles. The van der Waals surface area contributed by atoms with Crippen molar-refractivity contribution < 1.29 is 4.79 Å². The standard InChI is InChI=1S/C21H20N6OS/c1-2-15-8-10-17(11-9-15)24-18(28)13-29-21-19-20(22-14-23-21)27(26-25-19)12-16-6-4-3-5-7-16/h3-11,14H,2,12-13H2,1H3,(H,24,28). The van der Waals surface area contributed by atoms with Crippen molar-refractivity contribution in [2.45, 2.75) is 24.9 Å². The lowest BCUT2D eigenvalue weighted by Gasteiger charge is -2.06. The topological polar surface area (TPSA) is 85.6 Å². The molecule has 0 fully saturated rings. The minimum Gasteiger partial charge on any atom is -0.325 e. The summed E-state index contributed by atoms with van der Waals surface area (Å²) in [5.74, 6) is 0.135. The SMILES string of the molecule is CCc1ccc(NC(=O)CSc2ncnc3c2nnn3Cc2ccccc2)cc1. The molecule has 8 heteroatoms. The van der Waals surface area contributed by atoms with E-state index in [4.69, 9.17) is 0 Å². The van der Waals surface area contributed by atoms with E-state index >= 15 is 0 Å². The lowest BCUT2D eigenvalue weighted by molar-refractivity contribution is -0.113. The van der Waals surface area contributed by atoms with E-state index in [-0.39, 0.29) is 11.7 Å². The summed E-state index contributed by atoms with van der Waals surface area (Å²) in [5, 5.41) is 12.0. The summed E-state index contributed by atoms with van der Waals surface area (Å²) in [6.45, 7) is 2.68. The summed E-state index contributed by atoms with van der Waals surface area (Å²) in [4.78, 5) is 20.9. The summed E-state index contributed by atoms with van der Waals surface area (Å²) in [6, 6.07) is 17.9. The Morgan fingerprint density at radius 2 is 1.83 bits per heavy atom. The summed E-state index contributed by atoms with van der Waals surface area (Å²) < 4.78 is 1.74. The molecule has 2 aromatic heterocycles. The number of nitrogens with one attached hydrogen (secondary N) is 1. The Balaban J connectivity index is 1.43. The van der Waals surface area contributed by atoms with Gasteiger partial charge in [0, 0.05) is 5.69 Å². The predicted octanol–water partition coefficient (Wildman–Crippen LogP) is 3.56. The molecule has 29 heavy (non-hydrogen) atoms. The van der Waals surface area contributed by atoms with Crippen molar-refractivity contribution in [2.24, 2.45) is 0 Å². The number of aryl methyl sites for hydroxylation is 1. The van der Waals surface area contributed by atoms with Gasteiger partial charge in [0.15, 0.2) is 11.2 Å². The van der Waals surface area contributed by atoms with Gasteiger partial charge in [-0.3, -0.25) is 4.79 Å². The molecule has 0 atom stereocenters. The Labute approximate surface area is 172 Å². The quantitative estimate of drug-likeness (QED) is 0.374. The van der Waals surface area contributed by atoms with Crippen LogP contribution in [0.4, 0.5) is 5.69 Å². The molecule has 2 heterocycles. The second-order valence-corrected chi connectivity index (χ2v) is 7.44. The van der Waals surface area contributed by atoms with Crippen molar-refractivity contribution >= 4 is 34.5 Å². The highest BCUT2D eigenvalue weighted by Gasteiger charge is 2.14. The number of nitrogens with zero attached hydrogens (tertiary/aromatic N) is 5. The van der Waals surface area contributed by atoms with Crippen LogP contribution in [-0.2, 0) is 17.8 Å². The van der Waals surface area contributed by atoms with Gasteiger partial charge in [0.25, 0.3) is 0 Å². The van der Waals surface area contributed by atoms with Gasteiger partial charge in [-0.25, -0.2) is 14.6 Å². The van der Waals surface area contributed by atoms with Crippen molar-refractivity contribution in [1.29, 1.82) is 0 Å². The minimum atomic E-state index is -0.0947. The van der Waals surface area contributed by atoms with Crippen molar-refractivity contribution in [3.63, 3.8) is 0 Å². The van der Waals surface area contributed by atoms with Gasteiger partial charge in [-0.05, 0) is 29.7 Å². The maximum Gasteiger partial charge on any atom is 0.234 e. The number of carbonyl (C=O) groups excluding carboxylic acids is 1. The highest BCUT2D eigenvalue weighted by Crippen LogP contribution is 2.23. The van der Waals surface area contributed by atoms with Crippen molar-refractivity contribution in [2.75, 3.05) is 11.1 Å². The number of thioether (sulfide) groups is 1. The molecule has 0 bridgehead atoms. The largest absolute Gasteiger partial charge is 0.325 e. The van der Waals surface area contributed by atoms with Crippen LogP contribution in [0.1, 0.15) is 18.1 Å². The average Bonchev–Trinajstić information content (AvgIpc) is 3.17. The molecule has 146 valence electrons. The van der Waals surface area contributed by atoms with Gasteiger partial charge in [0.05, 0.1) is 12.3 Å². The summed E-state index contributed by atoms with van der Waals surface area (Å²) >= 11 is 1.33. The first-order valence-corrected chi connectivity index (χ1v) is 10.3. The molecule has 1 N–H and O–H groups in total. The molecule has 4 aromatic rings. The van der Waals surface area contributed by atoms with Crippen LogP contribution >= 0.6 is 11.8 Å². The van der Waals surface area contributed by atoms with Crippen molar-refractivity contribution in [3.8, 4) is 0 Å². The lowest BCUT2D eigenvalue weighted by Crippen LogP contribution is -2.14. The average molecular weight is 404 g/mol. The number of benzene rings is 2. The van der Waals surface area contributed by atoms with Crippen LogP contribution in [-0.4, -0.2) is 36.6 Å². The van der Waals surface area contributed by atoms with Crippen molar-refractivity contribution in [3.05, 3.63) is 72.1 Å². The number of rotatable bonds is 7. The van der Waals surface area contributed by atoms with E-state index in [1.54, 1.807) is 4.68 Å². The molecule has 0 saturated heterocycles. The molecule has 0 aliphatic rings. The monoisotopic (exact) mass is 404 g/mol. The number of hydrogen-bond donors (Lipinski definition) is 1. The van der Waals surface area contributed by atoms with Gasteiger partial charge in [-0.15, -0.1) is 5.10 Å². The van der Waals surface area contributed by atoms with Crippen LogP contribution < -0.4 is 5.32 Å². The van der Waals surface area contributed by atoms with Crippen molar-refractivity contribution in [1.82, 2.24) is 25.0 Å². The number of anilines is 1. The second-order valence-electron chi connectivity index (χ2n) is 6.47. The Morgan fingerprint density at radius 1 is 1.03 bits per heavy atom. The Kier molecular flexibility index (Phi) is 5.81. The maximum atomic E-state index is 12.3. The van der Waals surface area contributed by atoms with E-state index in [1.807, 2.05) is 54.6 Å². The van der Waals surface area contributed by atoms with Crippen LogP contribution in [0.25, 0.3) is 11.2 Å². The number of amides is 1. The Hall–Kier alpha value is -3.26. The van der Waals surface area contributed by atoms with E-state index < -0.39 is 0 Å². The number of fused-ring (bicyclic) bond motifs is 1. The van der Waals surface area contributed by atoms with Crippen LogP contribution in [0.3, 0.4) is 0 Å². The van der Waals surface area contributed by atoms with Crippen LogP contribution in [0, 0.1) is 0 Å². The Bertz CT molecular complexity index is 1110. The zero-order valence-corrected chi connectivity index (χ0v) is 16.8. The van der Waals surface area contributed by atoms with Gasteiger partial charge >= 0.3 is 0 Å². The summed E-state index contributed by atoms with van der Waals surface area (Å²) in [7, 11) is 0. The zero-order chi connectivity index (χ0) is 20.1. The first kappa shape index (κ1) is 19.1. The number of carbonyl (C=O) groups is 1. The molecule has 1 amide bonds. The van der Waals surface area contributed by atoms with E-state index in [0.29, 0.717) is 22.7 Å². The van der Waals surface area contributed by atoms with E-state index in [2.05, 4.69) is 32.5 Å². The predicted molar refractivity (Wildman–Crippen MR) is 114 cm³/mol. The van der Waals surface area contributed by atoms with E-state index in [9.17, 15) is 4.79 Å². The molecule has 0 aliphatic heterocycles. The third-order valence-corrected chi connectivity index (χ3v) is 5.41. The van der Waals surface area contributed by atoms with Gasteiger partial charge in [-0.2, -0.15) is 0 Å². The number of hydrogen-bond acceptors (Lipinski definition) is 6. The summed E-state index contributed by atoms with van der Waals surface area (Å²) in [5.41, 5.74) is 4.39. The van der Waals surface area contributed by atoms with Crippen LogP contribution in [0.2, 0.25) is 0 Å². The first-order chi connectivity index (χ1) is 14.2. The fourth-order valence-corrected chi connectivity index (χ4v) is 3.63. The first-order valence-electron chi connectivity index (χ1n) is 9.32. The third-order valence-electron chi connectivity index (χ3n) is 4.43. The molecule has 0 radical (unpaired) electrons. The molecule has 7 nitrogen and oxygen atoms in total. The van der Waals surface area contributed by atoms with Gasteiger partial charge < -0.3 is 5.32 Å². The van der Waals surface area contributed by atoms with E-state index in [1.165, 1.54) is 23.7 Å². The molecule has 0 spiro atoms. The number of aromatic nitrogens is 5. The summed E-state index contributed by atoms with van der Waals surface area (Å²) in [6.07, 6.45) is 2.45. The molecular weight excluding hydrogens is 384 g/mol. The minimum absolute atomic E-state index is 0.0947. The van der Waals surface area contributed by atoms with Gasteiger partial charge in [-0.1, -0.05) is 66.4 Å². The third kappa shape index (κ3) is 4.60. The van der Waals surface area contributed by atoms with Crippen LogP contribution in [0.5, 0.6) is 0 Å². The normalized spacial score (nSPS) is 10.9. The highest BCUT2D eigenvalue weighted by molar-refractivity contribution is 8.00. The Morgan fingerprint density at radius 3 is 2.59 bits per heavy atom. The highest BCUT2D eigenvalue weighted by atomic mass is 32.2. The molecule has 0 unspecified atom stereocenters. The van der Waals surface area contributed by atoms with E-state index in [0.717, 1.165) is 17.7 Å². The smallest absolute Gasteiger partial charge is 0.234 e. The maximum absolute atomic E-state index is 12.3. The fraction of sp³-hybridized carbons (Fsp3) is 0.190. The van der Waals surface area contributed by atoms with Crippen LogP contribution in [0.15, 0.2) is 66.0 Å². The zero-order valence-electron chi connectivity index (χ0n) is 15.9. The second kappa shape index (κ2) is 8.83. The molecule has 4 rings (SSSR count). The van der Waals surface area contributed by atoms with Gasteiger partial charge in [0.2, 0.25) is 5.91 Å². The lowest BCUT2D eigenvalue weighted by atomic mass is 10.1. The molecular formula is C21H20N6OS. The molecule has 2 aromatic carbocycles. The fourth-order valence-electron chi connectivity index (χ4n) is 2.89. The molecule has 0 aliphatic carbocycles. The van der Waals surface area contributed by atoms with Gasteiger partial charge in [0.1, 0.15) is 11.4 Å².